The minimum Gasteiger partial charge on any atom is -0.347 e. The van der Waals surface area contributed by atoms with E-state index in [0.717, 1.165) is 24.1 Å². The molecule has 2 aliphatic heterocycles. The van der Waals surface area contributed by atoms with Crippen LogP contribution in [0.5, 0.6) is 0 Å². The number of nitriles is 1. The highest BCUT2D eigenvalue weighted by Gasteiger charge is 2.34. The van der Waals surface area contributed by atoms with Gasteiger partial charge in [0.1, 0.15) is 21.3 Å². The number of rotatable bonds is 6. The van der Waals surface area contributed by atoms with E-state index in [4.69, 9.17) is 0 Å². The van der Waals surface area contributed by atoms with Crippen molar-refractivity contribution in [3.8, 4) is 17.3 Å². The van der Waals surface area contributed by atoms with E-state index in [9.17, 15) is 19.6 Å². The average molecular weight is 590 g/mol. The molecule has 1 unspecified atom stereocenters. The lowest BCUT2D eigenvalue weighted by Gasteiger charge is -2.33. The van der Waals surface area contributed by atoms with Gasteiger partial charge in [0.15, 0.2) is 0 Å². The number of hydrogen-bond acceptors (Lipinski definition) is 7. The summed E-state index contributed by atoms with van der Waals surface area (Å²) in [4.78, 5) is 53.4. The Labute approximate surface area is 251 Å². The Balaban J connectivity index is 1.15. The number of urea groups is 1. The van der Waals surface area contributed by atoms with Gasteiger partial charge in [0.25, 0.3) is 11.8 Å². The molecule has 1 saturated carbocycles. The maximum absolute atomic E-state index is 13.6. The Morgan fingerprint density at radius 3 is 2.70 bits per heavy atom. The van der Waals surface area contributed by atoms with Crippen molar-refractivity contribution in [1.29, 1.82) is 5.26 Å². The number of carbonyl (C=O) groups is 3. The first-order valence-corrected chi connectivity index (χ1v) is 15.1. The number of thiophene rings is 1. The van der Waals surface area contributed by atoms with Crippen LogP contribution in [0.25, 0.3) is 21.5 Å². The van der Waals surface area contributed by atoms with Crippen LogP contribution in [0, 0.1) is 17.2 Å². The molecule has 2 fully saturated rings. The summed E-state index contributed by atoms with van der Waals surface area (Å²) in [5, 5.41) is 16.2. The zero-order chi connectivity index (χ0) is 29.5. The first kappa shape index (κ1) is 26.8. The highest BCUT2D eigenvalue weighted by atomic mass is 32.1. The Kier molecular flexibility index (Phi) is 6.83. The molecule has 1 aromatic carbocycles. The zero-order valence-electron chi connectivity index (χ0n) is 23.1. The van der Waals surface area contributed by atoms with Crippen LogP contribution in [0.3, 0.4) is 0 Å². The molecule has 7 rings (SSSR count). The van der Waals surface area contributed by atoms with Crippen LogP contribution in [0.2, 0.25) is 0 Å². The molecule has 214 valence electrons. The van der Waals surface area contributed by atoms with E-state index in [0.29, 0.717) is 64.0 Å². The zero-order valence-corrected chi connectivity index (χ0v) is 23.9. The Bertz CT molecular complexity index is 1840. The van der Waals surface area contributed by atoms with E-state index >= 15 is 0 Å². The van der Waals surface area contributed by atoms with Gasteiger partial charge in [-0.05, 0) is 49.8 Å². The van der Waals surface area contributed by atoms with Crippen LogP contribution in [-0.4, -0.2) is 51.8 Å². The van der Waals surface area contributed by atoms with Crippen molar-refractivity contribution >= 4 is 56.5 Å². The topological polar surface area (TPSA) is 131 Å². The monoisotopic (exact) mass is 589 g/mol. The molecule has 4 aromatic rings. The lowest BCUT2D eigenvalue weighted by molar-refractivity contribution is -0.128. The number of amides is 4. The highest BCUT2D eigenvalue weighted by molar-refractivity contribution is 7.21. The number of nitrogens with one attached hydrogen (secondary N) is 2. The van der Waals surface area contributed by atoms with Crippen molar-refractivity contribution in [2.24, 2.45) is 5.92 Å². The maximum atomic E-state index is 13.6. The van der Waals surface area contributed by atoms with Gasteiger partial charge in [-0.2, -0.15) is 5.26 Å². The van der Waals surface area contributed by atoms with Gasteiger partial charge in [0.2, 0.25) is 0 Å². The first-order valence-electron chi connectivity index (χ1n) is 14.3. The molecule has 1 aliphatic carbocycles. The standard InChI is InChI=1S/C32H27N7O3S/c33-17-21(15-19-8-9-19)31(41)38-14-4-7-22(18-38)36-29(40)28-27-26-25(11-13-35-30(26)43-28)39(32(42)37-27)23-10-12-34-24(16-23)20-5-2-1-3-6-20/h1-3,5-6,10-13,15-16,19,22H,4,7-9,14,18H2,(H,36,40)(H,37,42). The molecule has 43 heavy (non-hydrogen) atoms. The SMILES string of the molecule is N#CC(=CC1CC1)C(=O)N1CCCC(NC(=O)c2sc3nccc4c3c2NC(=O)N4c2ccnc(-c3ccccc3)c2)C1. The summed E-state index contributed by atoms with van der Waals surface area (Å²) in [6, 6.07) is 16.5. The van der Waals surface area contributed by atoms with Gasteiger partial charge in [-0.15, -0.1) is 11.3 Å². The third-order valence-corrected chi connectivity index (χ3v) is 9.04. The second kappa shape index (κ2) is 11.0. The lowest BCUT2D eigenvalue weighted by atomic mass is 10.0. The van der Waals surface area contributed by atoms with E-state index in [1.54, 1.807) is 40.4 Å². The normalized spacial score (nSPS) is 18.3. The van der Waals surface area contributed by atoms with Gasteiger partial charge >= 0.3 is 6.03 Å². The summed E-state index contributed by atoms with van der Waals surface area (Å²) in [6.45, 7) is 0.868. The Morgan fingerprint density at radius 1 is 1.09 bits per heavy atom. The number of nitrogens with zero attached hydrogens (tertiary/aromatic N) is 5. The molecule has 0 spiro atoms. The molecule has 1 saturated heterocycles. The molecule has 4 amide bonds. The van der Waals surface area contributed by atoms with Crippen LogP contribution >= 0.6 is 11.3 Å². The molecular formula is C32H27N7O3S. The number of pyridine rings is 2. The number of hydrogen-bond donors (Lipinski definition) is 2. The predicted molar refractivity (Wildman–Crippen MR) is 164 cm³/mol. The van der Waals surface area contributed by atoms with Gasteiger partial charge in [0.05, 0.1) is 28.1 Å². The van der Waals surface area contributed by atoms with Gasteiger partial charge in [-0.3, -0.25) is 19.5 Å². The number of benzene rings is 1. The van der Waals surface area contributed by atoms with Gasteiger partial charge in [-0.1, -0.05) is 36.4 Å². The Hall–Kier alpha value is -5.08. The van der Waals surface area contributed by atoms with E-state index in [2.05, 4.69) is 26.7 Å². The summed E-state index contributed by atoms with van der Waals surface area (Å²) < 4.78 is 0. The highest BCUT2D eigenvalue weighted by Crippen LogP contribution is 2.46. The van der Waals surface area contributed by atoms with Gasteiger partial charge < -0.3 is 15.5 Å². The van der Waals surface area contributed by atoms with Crippen molar-refractivity contribution in [3.05, 3.63) is 77.5 Å². The quantitative estimate of drug-likeness (QED) is 0.222. The summed E-state index contributed by atoms with van der Waals surface area (Å²) in [5.41, 5.74) is 3.55. The fraction of sp³-hybridized carbons (Fsp3) is 0.250. The number of likely N-dealkylation sites (tertiary alicyclic amines) is 1. The molecular weight excluding hydrogens is 562 g/mol. The van der Waals surface area contributed by atoms with Crippen molar-refractivity contribution in [1.82, 2.24) is 20.2 Å². The summed E-state index contributed by atoms with van der Waals surface area (Å²) in [6.07, 6.45) is 8.53. The number of aromatic nitrogens is 2. The van der Waals surface area contributed by atoms with Crippen molar-refractivity contribution in [2.75, 3.05) is 23.3 Å². The molecule has 0 radical (unpaired) electrons. The maximum Gasteiger partial charge on any atom is 0.331 e. The van der Waals surface area contributed by atoms with Gasteiger partial charge in [0, 0.05) is 37.1 Å². The second-order valence-electron chi connectivity index (χ2n) is 10.9. The minimum absolute atomic E-state index is 0.180. The summed E-state index contributed by atoms with van der Waals surface area (Å²) in [7, 11) is 0. The molecule has 5 heterocycles. The predicted octanol–water partition coefficient (Wildman–Crippen LogP) is 5.62. The number of allylic oxidation sites excluding steroid dienone is 1. The number of carbonyl (C=O) groups excluding carboxylic acids is 3. The number of anilines is 3. The van der Waals surface area contributed by atoms with Crippen LogP contribution in [0.4, 0.5) is 21.9 Å². The molecule has 2 N–H and O–H groups in total. The third kappa shape index (κ3) is 5.10. The minimum atomic E-state index is -0.390. The smallest absolute Gasteiger partial charge is 0.331 e. The Morgan fingerprint density at radius 2 is 1.91 bits per heavy atom. The molecule has 3 aromatic heterocycles. The van der Waals surface area contributed by atoms with E-state index < -0.39 is 6.03 Å². The molecule has 3 aliphatic rings. The van der Waals surface area contributed by atoms with Crippen LogP contribution in [-0.2, 0) is 4.79 Å². The van der Waals surface area contributed by atoms with Gasteiger partial charge in [-0.25, -0.2) is 9.78 Å². The van der Waals surface area contributed by atoms with E-state index in [-0.39, 0.29) is 23.4 Å². The summed E-state index contributed by atoms with van der Waals surface area (Å²) in [5.74, 6) is -0.294. The van der Waals surface area contributed by atoms with Crippen LogP contribution in [0.15, 0.2) is 72.6 Å². The van der Waals surface area contributed by atoms with Crippen molar-refractivity contribution in [2.45, 2.75) is 31.7 Å². The molecule has 11 heteroatoms. The molecule has 1 atom stereocenters. The average Bonchev–Trinajstić information content (AvgIpc) is 3.79. The van der Waals surface area contributed by atoms with Crippen LogP contribution < -0.4 is 15.5 Å². The van der Waals surface area contributed by atoms with E-state index in [1.165, 1.54) is 11.3 Å². The number of piperidine rings is 1. The molecule has 0 bridgehead atoms. The second-order valence-corrected chi connectivity index (χ2v) is 11.9. The first-order chi connectivity index (χ1) is 21.0. The fourth-order valence-electron chi connectivity index (χ4n) is 5.68. The third-order valence-electron chi connectivity index (χ3n) is 7.94. The lowest BCUT2D eigenvalue weighted by Crippen LogP contribution is -2.50. The van der Waals surface area contributed by atoms with E-state index in [1.807, 2.05) is 36.4 Å². The van der Waals surface area contributed by atoms with Crippen molar-refractivity contribution < 1.29 is 14.4 Å². The van der Waals surface area contributed by atoms with Crippen molar-refractivity contribution in [3.63, 3.8) is 0 Å². The molecule has 10 nitrogen and oxygen atoms in total. The largest absolute Gasteiger partial charge is 0.347 e. The van der Waals surface area contributed by atoms with Crippen LogP contribution in [0.1, 0.15) is 35.4 Å². The summed E-state index contributed by atoms with van der Waals surface area (Å²) >= 11 is 1.22. The fourth-order valence-corrected chi connectivity index (χ4v) is 6.70.